The smallest absolute Gasteiger partial charge is 0.229 e. The molecule has 2 heterocycles. The van der Waals surface area contributed by atoms with Crippen LogP contribution in [0.15, 0.2) is 42.5 Å². The van der Waals surface area contributed by atoms with Crippen LogP contribution in [0.25, 0.3) is 6.08 Å². The molecule has 4 rings (SSSR count). The van der Waals surface area contributed by atoms with Crippen LogP contribution in [-0.4, -0.2) is 122 Å². The SMILES string of the molecule is COc1ccc(/C=C/C(=O)c2c(O)cc(O[C@@H]3O[C@H](CO)[C@@H](O)[C@@H](O)[C@@H]3O[C@@H]3O[C@H](C)[C@H](O)[C@H](O)[C@H]3O)cc2O)cc1. The lowest BCUT2D eigenvalue weighted by atomic mass is 9.97. The highest BCUT2D eigenvalue weighted by Crippen LogP contribution is 2.36. The summed E-state index contributed by atoms with van der Waals surface area (Å²) in [5, 5.41) is 82.2. The number of ether oxygens (including phenoxy) is 5. The largest absolute Gasteiger partial charge is 0.507 e. The molecule has 2 aromatic carbocycles. The predicted octanol–water partition coefficient (Wildman–Crippen LogP) is -0.967. The van der Waals surface area contributed by atoms with Gasteiger partial charge in [0.15, 0.2) is 18.2 Å². The molecule has 0 bridgehead atoms. The maximum Gasteiger partial charge on any atom is 0.229 e. The van der Waals surface area contributed by atoms with Crippen molar-refractivity contribution in [2.24, 2.45) is 0 Å². The molecule has 42 heavy (non-hydrogen) atoms. The summed E-state index contributed by atoms with van der Waals surface area (Å²) >= 11 is 0. The van der Waals surface area contributed by atoms with E-state index in [1.165, 1.54) is 20.1 Å². The van der Waals surface area contributed by atoms with E-state index in [4.69, 9.17) is 23.7 Å². The van der Waals surface area contributed by atoms with Gasteiger partial charge in [-0.1, -0.05) is 18.2 Å². The van der Waals surface area contributed by atoms with Crippen LogP contribution < -0.4 is 9.47 Å². The van der Waals surface area contributed by atoms with E-state index in [2.05, 4.69) is 0 Å². The van der Waals surface area contributed by atoms with Gasteiger partial charge in [0.1, 0.15) is 65.2 Å². The van der Waals surface area contributed by atoms with Crippen LogP contribution >= 0.6 is 0 Å². The van der Waals surface area contributed by atoms with Crippen LogP contribution in [0, 0.1) is 0 Å². The van der Waals surface area contributed by atoms with Crippen molar-refractivity contribution in [3.63, 3.8) is 0 Å². The van der Waals surface area contributed by atoms with Gasteiger partial charge in [-0.15, -0.1) is 0 Å². The lowest BCUT2D eigenvalue weighted by Crippen LogP contribution is -2.64. The van der Waals surface area contributed by atoms with E-state index in [0.717, 1.165) is 18.2 Å². The molecule has 0 aliphatic carbocycles. The predicted molar refractivity (Wildman–Crippen MR) is 142 cm³/mol. The van der Waals surface area contributed by atoms with Crippen molar-refractivity contribution >= 4 is 11.9 Å². The fourth-order valence-corrected chi connectivity index (χ4v) is 4.59. The van der Waals surface area contributed by atoms with E-state index < -0.39 is 90.9 Å². The van der Waals surface area contributed by atoms with Crippen LogP contribution in [0.1, 0.15) is 22.8 Å². The second-order valence-electron chi connectivity index (χ2n) is 9.91. The zero-order valence-electron chi connectivity index (χ0n) is 22.6. The number of ketones is 1. The molecule has 2 aliphatic heterocycles. The summed E-state index contributed by atoms with van der Waals surface area (Å²) < 4.78 is 27.3. The summed E-state index contributed by atoms with van der Waals surface area (Å²) in [6.07, 6.45) is -12.9. The van der Waals surface area contributed by atoms with Crippen LogP contribution in [0.3, 0.4) is 0 Å². The maximum atomic E-state index is 12.7. The lowest BCUT2D eigenvalue weighted by molar-refractivity contribution is -0.354. The first-order valence-electron chi connectivity index (χ1n) is 13.0. The monoisotopic (exact) mass is 594 g/mol. The molecule has 0 spiro atoms. The van der Waals surface area contributed by atoms with Crippen molar-refractivity contribution in [3.8, 4) is 23.0 Å². The molecule has 8 N–H and O–H groups in total. The molecule has 2 fully saturated rings. The third kappa shape index (κ3) is 6.67. The van der Waals surface area contributed by atoms with Gasteiger partial charge >= 0.3 is 0 Å². The van der Waals surface area contributed by atoms with E-state index >= 15 is 0 Å². The van der Waals surface area contributed by atoms with Crippen LogP contribution in [-0.2, 0) is 14.2 Å². The number of aliphatic hydroxyl groups excluding tert-OH is 6. The molecule has 2 aromatic rings. The number of aliphatic hydroxyl groups is 6. The molecule has 0 unspecified atom stereocenters. The summed E-state index contributed by atoms with van der Waals surface area (Å²) in [5.41, 5.74) is 0.236. The maximum absolute atomic E-state index is 12.7. The second kappa shape index (κ2) is 13.3. The zero-order chi connectivity index (χ0) is 30.7. The number of phenols is 2. The van der Waals surface area contributed by atoms with E-state index in [9.17, 15) is 45.6 Å². The van der Waals surface area contributed by atoms with Crippen molar-refractivity contribution in [3.05, 3.63) is 53.6 Å². The molecular weight excluding hydrogens is 560 g/mol. The molecule has 14 nitrogen and oxygen atoms in total. The van der Waals surface area contributed by atoms with Gasteiger partial charge in [0, 0.05) is 12.1 Å². The van der Waals surface area contributed by atoms with Gasteiger partial charge in [0.05, 0.1) is 19.8 Å². The highest BCUT2D eigenvalue weighted by Gasteiger charge is 2.50. The number of allylic oxidation sites excluding steroid dienone is 1. The number of rotatable bonds is 9. The molecule has 2 saturated heterocycles. The van der Waals surface area contributed by atoms with Crippen molar-refractivity contribution in [2.45, 2.75) is 68.3 Å². The second-order valence-corrected chi connectivity index (χ2v) is 9.91. The van der Waals surface area contributed by atoms with Gasteiger partial charge in [0.2, 0.25) is 6.29 Å². The summed E-state index contributed by atoms with van der Waals surface area (Å²) in [5.74, 6) is -1.66. The average Bonchev–Trinajstić information content (AvgIpc) is 2.97. The molecule has 2 aliphatic rings. The third-order valence-corrected chi connectivity index (χ3v) is 7.04. The van der Waals surface area contributed by atoms with Gasteiger partial charge in [-0.25, -0.2) is 0 Å². The number of benzene rings is 2. The van der Waals surface area contributed by atoms with Crippen molar-refractivity contribution in [1.29, 1.82) is 0 Å². The Bertz CT molecular complexity index is 1230. The van der Waals surface area contributed by atoms with Crippen LogP contribution in [0.4, 0.5) is 0 Å². The Labute approximate surface area is 240 Å². The Morgan fingerprint density at radius 2 is 1.50 bits per heavy atom. The van der Waals surface area contributed by atoms with E-state index in [1.807, 2.05) is 0 Å². The minimum atomic E-state index is -1.78. The first-order valence-corrected chi connectivity index (χ1v) is 13.0. The number of carbonyl (C=O) groups excluding carboxylic acids is 1. The van der Waals surface area contributed by atoms with Gasteiger partial charge < -0.3 is 64.5 Å². The molecule has 0 radical (unpaired) electrons. The molecule has 14 heteroatoms. The first-order chi connectivity index (χ1) is 19.9. The number of methoxy groups -OCH3 is 1. The van der Waals surface area contributed by atoms with Crippen molar-refractivity contribution in [2.75, 3.05) is 13.7 Å². The third-order valence-electron chi connectivity index (χ3n) is 7.04. The fraction of sp³-hybridized carbons (Fsp3) is 0.464. The van der Waals surface area contributed by atoms with E-state index in [-0.39, 0.29) is 5.75 Å². The van der Waals surface area contributed by atoms with Gasteiger partial charge in [-0.3, -0.25) is 4.79 Å². The quantitative estimate of drug-likeness (QED) is 0.129. The van der Waals surface area contributed by atoms with Crippen LogP contribution in [0.5, 0.6) is 23.0 Å². The van der Waals surface area contributed by atoms with Crippen LogP contribution in [0.2, 0.25) is 0 Å². The molecule has 0 saturated carbocycles. The summed E-state index contributed by atoms with van der Waals surface area (Å²) in [6.45, 7) is 0.676. The number of hydrogen-bond acceptors (Lipinski definition) is 14. The topological polar surface area (TPSA) is 225 Å². The minimum absolute atomic E-state index is 0.256. The standard InChI is InChI=1S/C28H34O14/c1-12-21(33)23(35)25(37)27(39-12)42-26-24(36)22(34)19(11-29)41-28(26)40-15-9-17(31)20(18(32)10-15)16(30)8-5-13-3-6-14(38-2)7-4-13/h3-10,12,19,21-29,31-37H,11H2,1-2H3/b8-5+/t12-,19-,21+,22-,23+,24-,25-,26+,27+,28-/m1/s1. The molecule has 10 atom stereocenters. The highest BCUT2D eigenvalue weighted by atomic mass is 16.8. The number of aromatic hydroxyl groups is 2. The highest BCUT2D eigenvalue weighted by molar-refractivity contribution is 6.10. The minimum Gasteiger partial charge on any atom is -0.507 e. The Morgan fingerprint density at radius 3 is 2.10 bits per heavy atom. The molecule has 0 aromatic heterocycles. The molecule has 230 valence electrons. The Kier molecular flexibility index (Phi) is 10.0. The van der Waals surface area contributed by atoms with Gasteiger partial charge in [-0.2, -0.15) is 0 Å². The summed E-state index contributed by atoms with van der Waals surface area (Å²) in [4.78, 5) is 12.7. The van der Waals surface area contributed by atoms with E-state index in [1.54, 1.807) is 24.3 Å². The lowest BCUT2D eigenvalue weighted by Gasteiger charge is -2.45. The molecule has 0 amide bonds. The first kappa shape index (κ1) is 31.6. The summed E-state index contributed by atoms with van der Waals surface area (Å²) in [6, 6.07) is 8.78. The average molecular weight is 595 g/mol. The summed E-state index contributed by atoms with van der Waals surface area (Å²) in [7, 11) is 1.52. The fourth-order valence-electron chi connectivity index (χ4n) is 4.59. The van der Waals surface area contributed by atoms with Crippen molar-refractivity contribution in [1.82, 2.24) is 0 Å². The van der Waals surface area contributed by atoms with Gasteiger partial charge in [0.25, 0.3) is 0 Å². The Balaban J connectivity index is 1.54. The van der Waals surface area contributed by atoms with Crippen molar-refractivity contribution < 1.29 is 69.3 Å². The normalized spacial score (nSPS) is 33.4. The molecular formula is C28H34O14. The zero-order valence-corrected chi connectivity index (χ0v) is 22.6. The Hall–Kier alpha value is -3.31. The van der Waals surface area contributed by atoms with Gasteiger partial charge in [-0.05, 0) is 30.7 Å². The number of hydrogen-bond donors (Lipinski definition) is 8. The number of carbonyl (C=O) groups is 1. The van der Waals surface area contributed by atoms with E-state index in [0.29, 0.717) is 11.3 Å². The Morgan fingerprint density at radius 1 is 0.857 bits per heavy atom. The number of phenolic OH excluding ortho intramolecular Hbond substituents is 2.